The molecule has 0 radical (unpaired) electrons. The lowest BCUT2D eigenvalue weighted by atomic mass is 9.98. The molecule has 136 valence electrons. The highest BCUT2D eigenvalue weighted by atomic mass is 35.5. The van der Waals surface area contributed by atoms with Crippen LogP contribution >= 0.6 is 12.4 Å². The van der Waals surface area contributed by atoms with Gasteiger partial charge in [-0.3, -0.25) is 9.48 Å². The predicted octanol–water partition coefficient (Wildman–Crippen LogP) is 3.34. The molecule has 0 bridgehead atoms. The third-order valence-corrected chi connectivity index (χ3v) is 4.95. The zero-order valence-electron chi connectivity index (χ0n) is 15.1. The first-order valence-electron chi connectivity index (χ1n) is 8.69. The van der Waals surface area contributed by atoms with Crippen LogP contribution in [0.1, 0.15) is 59.0 Å². The van der Waals surface area contributed by atoms with Crippen LogP contribution in [0.2, 0.25) is 0 Å². The van der Waals surface area contributed by atoms with Gasteiger partial charge in [0.05, 0.1) is 12.1 Å². The number of nitrogens with one attached hydrogen (secondary N) is 2. The minimum Gasteiger partial charge on any atom is -0.344 e. The number of rotatable bonds is 4. The van der Waals surface area contributed by atoms with Crippen LogP contribution in [0.4, 0.5) is 0 Å². The van der Waals surface area contributed by atoms with E-state index < -0.39 is 0 Å². The summed E-state index contributed by atoms with van der Waals surface area (Å²) in [5.41, 5.74) is 4.10. The molecule has 0 spiro atoms. The molecule has 2 unspecified atom stereocenters. The maximum Gasteiger partial charge on any atom is 0.272 e. The molecule has 5 nitrogen and oxygen atoms in total. The summed E-state index contributed by atoms with van der Waals surface area (Å²) < 4.78 is 1.92. The Balaban J connectivity index is 0.00000225. The lowest BCUT2D eigenvalue weighted by Crippen LogP contribution is -2.32. The molecule has 25 heavy (non-hydrogen) atoms. The van der Waals surface area contributed by atoms with E-state index in [-0.39, 0.29) is 24.4 Å². The summed E-state index contributed by atoms with van der Waals surface area (Å²) in [6, 6.07) is 8.30. The number of aryl methyl sites for hydroxylation is 1. The van der Waals surface area contributed by atoms with Crippen molar-refractivity contribution >= 4 is 18.3 Å². The van der Waals surface area contributed by atoms with Crippen LogP contribution in [0.25, 0.3) is 0 Å². The van der Waals surface area contributed by atoms with Crippen LogP contribution in [-0.2, 0) is 0 Å². The van der Waals surface area contributed by atoms with Crippen molar-refractivity contribution in [2.75, 3.05) is 13.1 Å². The number of carbonyl (C=O) groups is 1. The van der Waals surface area contributed by atoms with E-state index in [9.17, 15) is 4.79 Å². The standard InChI is InChI=1S/C19H26N4O.ClH/c1-13-6-4-8-17(14(13)2)15(3)21-19(24)18-9-11-23(22-18)16-7-5-10-20-12-16;/h4,6,8-9,11,15-16,20H,5,7,10,12H2,1-3H3,(H,21,24);1H. The van der Waals surface area contributed by atoms with Crippen LogP contribution in [0, 0.1) is 13.8 Å². The summed E-state index contributed by atoms with van der Waals surface area (Å²) in [6.07, 6.45) is 4.17. The molecule has 1 aromatic heterocycles. The number of benzene rings is 1. The van der Waals surface area contributed by atoms with E-state index in [1.165, 1.54) is 11.1 Å². The highest BCUT2D eigenvalue weighted by molar-refractivity contribution is 5.92. The topological polar surface area (TPSA) is 59.0 Å². The highest BCUT2D eigenvalue weighted by Gasteiger charge is 2.19. The Labute approximate surface area is 155 Å². The van der Waals surface area contributed by atoms with E-state index in [0.29, 0.717) is 11.7 Å². The number of aromatic nitrogens is 2. The molecule has 1 fully saturated rings. The van der Waals surface area contributed by atoms with Gasteiger partial charge in [-0.2, -0.15) is 5.10 Å². The quantitative estimate of drug-likeness (QED) is 0.877. The average molecular weight is 363 g/mol. The first-order valence-corrected chi connectivity index (χ1v) is 8.69. The second kappa shape index (κ2) is 8.50. The van der Waals surface area contributed by atoms with Crippen molar-refractivity contribution in [3.8, 4) is 0 Å². The lowest BCUT2D eigenvalue weighted by Gasteiger charge is -2.23. The lowest BCUT2D eigenvalue weighted by molar-refractivity contribution is 0.0933. The normalized spacial score (nSPS) is 18.3. The van der Waals surface area contributed by atoms with Gasteiger partial charge in [0, 0.05) is 12.7 Å². The first kappa shape index (κ1) is 19.5. The number of hydrogen-bond acceptors (Lipinski definition) is 3. The SMILES string of the molecule is Cc1cccc(C(C)NC(=O)c2ccn(C3CCCNC3)n2)c1C.Cl. The zero-order chi connectivity index (χ0) is 17.1. The molecule has 1 aliphatic rings. The third kappa shape index (κ3) is 4.41. The molecule has 2 N–H and O–H groups in total. The van der Waals surface area contributed by atoms with Crippen molar-refractivity contribution < 1.29 is 4.79 Å². The Morgan fingerprint density at radius 2 is 2.16 bits per heavy atom. The van der Waals surface area contributed by atoms with E-state index in [1.807, 2.05) is 23.9 Å². The number of amides is 1. The van der Waals surface area contributed by atoms with Crippen molar-refractivity contribution in [3.05, 3.63) is 52.8 Å². The number of hydrogen-bond donors (Lipinski definition) is 2. The summed E-state index contributed by atoms with van der Waals surface area (Å²) in [4.78, 5) is 12.5. The van der Waals surface area contributed by atoms with Crippen LogP contribution in [0.15, 0.2) is 30.5 Å². The van der Waals surface area contributed by atoms with Crippen LogP contribution in [-0.4, -0.2) is 28.8 Å². The Kier molecular flexibility index (Phi) is 6.62. The fraction of sp³-hybridized carbons (Fsp3) is 0.474. The van der Waals surface area contributed by atoms with E-state index >= 15 is 0 Å². The van der Waals surface area contributed by atoms with Crippen LogP contribution in [0.5, 0.6) is 0 Å². The zero-order valence-corrected chi connectivity index (χ0v) is 15.9. The van der Waals surface area contributed by atoms with Gasteiger partial charge in [0.15, 0.2) is 0 Å². The predicted molar refractivity (Wildman–Crippen MR) is 102 cm³/mol. The second-order valence-corrected chi connectivity index (χ2v) is 6.67. The summed E-state index contributed by atoms with van der Waals surface area (Å²) in [5, 5.41) is 10.9. The summed E-state index contributed by atoms with van der Waals surface area (Å²) in [6.45, 7) is 8.19. The second-order valence-electron chi connectivity index (χ2n) is 6.67. The summed E-state index contributed by atoms with van der Waals surface area (Å²) in [7, 11) is 0. The molecular formula is C19H27ClN4O. The third-order valence-electron chi connectivity index (χ3n) is 4.95. The van der Waals surface area contributed by atoms with Crippen molar-refractivity contribution in [2.45, 2.75) is 45.7 Å². The molecule has 1 aliphatic heterocycles. The van der Waals surface area contributed by atoms with Crippen molar-refractivity contribution in [1.82, 2.24) is 20.4 Å². The van der Waals surface area contributed by atoms with Crippen LogP contribution in [0.3, 0.4) is 0 Å². The summed E-state index contributed by atoms with van der Waals surface area (Å²) >= 11 is 0. The molecule has 0 aliphatic carbocycles. The fourth-order valence-corrected chi connectivity index (χ4v) is 3.31. The van der Waals surface area contributed by atoms with Gasteiger partial charge < -0.3 is 10.6 Å². The van der Waals surface area contributed by atoms with E-state index in [4.69, 9.17) is 0 Å². The number of nitrogens with zero attached hydrogens (tertiary/aromatic N) is 2. The molecular weight excluding hydrogens is 336 g/mol. The van der Waals surface area contributed by atoms with Crippen LogP contribution < -0.4 is 10.6 Å². The monoisotopic (exact) mass is 362 g/mol. The number of halogens is 1. The van der Waals surface area contributed by atoms with E-state index in [0.717, 1.165) is 31.5 Å². The van der Waals surface area contributed by atoms with Gasteiger partial charge in [-0.1, -0.05) is 18.2 Å². The molecule has 2 aromatic rings. The molecule has 0 saturated carbocycles. The van der Waals surface area contributed by atoms with Gasteiger partial charge in [-0.25, -0.2) is 0 Å². The molecule has 3 rings (SSSR count). The molecule has 1 aromatic carbocycles. The minimum atomic E-state index is -0.120. The first-order chi connectivity index (χ1) is 11.6. The fourth-order valence-electron chi connectivity index (χ4n) is 3.31. The van der Waals surface area contributed by atoms with E-state index in [2.05, 4.69) is 41.7 Å². The van der Waals surface area contributed by atoms with Gasteiger partial charge in [0.25, 0.3) is 5.91 Å². The molecule has 1 amide bonds. The Bertz CT molecular complexity index is 722. The maximum absolute atomic E-state index is 12.5. The van der Waals surface area contributed by atoms with Gasteiger partial charge in [-0.15, -0.1) is 12.4 Å². The van der Waals surface area contributed by atoms with Gasteiger partial charge in [0.1, 0.15) is 5.69 Å². The average Bonchev–Trinajstić information content (AvgIpc) is 3.08. The molecule has 1 saturated heterocycles. The Hall–Kier alpha value is -1.85. The number of piperidine rings is 1. The van der Waals surface area contributed by atoms with Gasteiger partial charge >= 0.3 is 0 Å². The van der Waals surface area contributed by atoms with Crippen molar-refractivity contribution in [1.29, 1.82) is 0 Å². The highest BCUT2D eigenvalue weighted by Crippen LogP contribution is 2.21. The van der Waals surface area contributed by atoms with Crippen molar-refractivity contribution in [3.63, 3.8) is 0 Å². The van der Waals surface area contributed by atoms with Gasteiger partial charge in [-0.05, 0) is 62.9 Å². The maximum atomic E-state index is 12.5. The Morgan fingerprint density at radius 1 is 1.36 bits per heavy atom. The summed E-state index contributed by atoms with van der Waals surface area (Å²) in [5.74, 6) is -0.120. The largest absolute Gasteiger partial charge is 0.344 e. The molecule has 6 heteroatoms. The van der Waals surface area contributed by atoms with E-state index in [1.54, 1.807) is 6.07 Å². The molecule has 2 atom stereocenters. The van der Waals surface area contributed by atoms with Gasteiger partial charge in [0.2, 0.25) is 0 Å². The smallest absolute Gasteiger partial charge is 0.272 e. The van der Waals surface area contributed by atoms with Crippen molar-refractivity contribution in [2.24, 2.45) is 0 Å². The molecule has 2 heterocycles. The number of carbonyl (C=O) groups excluding carboxylic acids is 1. The minimum absolute atomic E-state index is 0. The Morgan fingerprint density at radius 3 is 2.88 bits per heavy atom.